The molecule has 3 heteroatoms. The van der Waals surface area contributed by atoms with Crippen molar-refractivity contribution in [2.45, 2.75) is 0 Å². The lowest BCUT2D eigenvalue weighted by Gasteiger charge is -2.11. The van der Waals surface area contributed by atoms with Crippen LogP contribution in [0.2, 0.25) is 0 Å². The van der Waals surface area contributed by atoms with Crippen LogP contribution in [0.5, 0.6) is 0 Å². The summed E-state index contributed by atoms with van der Waals surface area (Å²) in [6, 6.07) is 73.4. The number of hydrogen-bond donors (Lipinski definition) is 0. The van der Waals surface area contributed by atoms with Gasteiger partial charge in [-0.1, -0.05) is 170 Å². The van der Waals surface area contributed by atoms with Crippen LogP contribution in [0.25, 0.3) is 98.6 Å². The largest absolute Gasteiger partial charge is 0.226 e. The lowest BCUT2D eigenvalue weighted by molar-refractivity contribution is 1.24. The van der Waals surface area contributed by atoms with E-state index in [0.29, 0.717) is 0 Å². The van der Waals surface area contributed by atoms with E-state index in [4.69, 9.17) is 9.97 Å². The van der Waals surface area contributed by atoms with Gasteiger partial charge in [-0.2, -0.15) is 0 Å². The van der Waals surface area contributed by atoms with E-state index in [1.165, 1.54) is 49.2 Å². The molecule has 2 heterocycles. The number of thiophene rings is 1. The van der Waals surface area contributed by atoms with Crippen LogP contribution in [0.3, 0.4) is 0 Å². The molecule has 0 aliphatic heterocycles. The molecule has 0 atom stereocenters. The van der Waals surface area contributed by atoms with Crippen LogP contribution in [0.1, 0.15) is 0 Å². The lowest BCUT2D eigenvalue weighted by Crippen LogP contribution is -1.94. The van der Waals surface area contributed by atoms with Crippen molar-refractivity contribution < 1.29 is 0 Å². The van der Waals surface area contributed by atoms with Crippen LogP contribution in [-0.4, -0.2) is 9.97 Å². The predicted octanol–water partition coefficient (Wildman–Crippen LogP) is 14.5. The van der Waals surface area contributed by atoms with E-state index in [-0.39, 0.29) is 0 Å². The molecule has 0 radical (unpaired) electrons. The van der Waals surface area contributed by atoms with Gasteiger partial charge in [-0.05, 0) is 92.0 Å². The molecule has 0 spiro atoms. The van der Waals surface area contributed by atoms with Gasteiger partial charge in [0.25, 0.3) is 0 Å². The molecule has 0 fully saturated rings. The first-order valence-electron chi connectivity index (χ1n) is 18.6. The highest BCUT2D eigenvalue weighted by atomic mass is 32.1. The Kier molecular flexibility index (Phi) is 8.40. The zero-order chi connectivity index (χ0) is 36.6. The van der Waals surface area contributed by atoms with Gasteiger partial charge in [0, 0.05) is 21.2 Å². The van der Waals surface area contributed by atoms with Crippen molar-refractivity contribution in [2.24, 2.45) is 0 Å². The van der Waals surface area contributed by atoms with Crippen molar-refractivity contribution in [1.29, 1.82) is 0 Å². The molecule has 2 nitrogen and oxygen atoms in total. The predicted molar refractivity (Wildman–Crippen MR) is 233 cm³/mol. The van der Waals surface area contributed by atoms with Crippen LogP contribution in [0.4, 0.5) is 0 Å². The summed E-state index contributed by atoms with van der Waals surface area (Å²) in [5, 5.41) is 1.16. The molecular weight excluding hydrogens is 685 g/mol. The zero-order valence-corrected chi connectivity index (χ0v) is 30.7. The van der Waals surface area contributed by atoms with Crippen molar-refractivity contribution >= 4 is 31.6 Å². The summed E-state index contributed by atoms with van der Waals surface area (Å²) in [6.07, 6.45) is 0. The third-order valence-electron chi connectivity index (χ3n) is 10.3. The minimum atomic E-state index is 0.722. The fourth-order valence-corrected chi connectivity index (χ4v) is 8.65. The van der Waals surface area contributed by atoms with Gasteiger partial charge >= 0.3 is 0 Å². The normalized spacial score (nSPS) is 11.3. The van der Waals surface area contributed by atoms with Gasteiger partial charge < -0.3 is 0 Å². The SMILES string of the molecule is c1ccc(-c2cccc(-c3cccc(-c4cccc(-c5cccc(-c6nc(-c7cccc(-c8ccccc8)c7)c7sc8ccccc8c7n6)c5)c4)c3)c2)cc1. The van der Waals surface area contributed by atoms with Gasteiger partial charge in [0.2, 0.25) is 0 Å². The number of aromatic nitrogens is 2. The summed E-state index contributed by atoms with van der Waals surface area (Å²) in [5.74, 6) is 0.722. The summed E-state index contributed by atoms with van der Waals surface area (Å²) in [4.78, 5) is 10.6. The monoisotopic (exact) mass is 718 g/mol. The summed E-state index contributed by atoms with van der Waals surface area (Å²) in [5.41, 5.74) is 15.8. The molecule has 0 saturated heterocycles. The Morgan fingerprint density at radius 3 is 1.16 bits per heavy atom. The molecule has 0 N–H and O–H groups in total. The van der Waals surface area contributed by atoms with Crippen molar-refractivity contribution in [3.63, 3.8) is 0 Å². The molecule has 0 saturated carbocycles. The molecule has 8 aromatic carbocycles. The Morgan fingerprint density at radius 1 is 0.291 bits per heavy atom. The molecule has 2 aromatic heterocycles. The second kappa shape index (κ2) is 14.1. The molecule has 10 aromatic rings. The highest BCUT2D eigenvalue weighted by molar-refractivity contribution is 7.26. The molecule has 0 aliphatic carbocycles. The summed E-state index contributed by atoms with van der Waals surface area (Å²) >= 11 is 1.76. The maximum absolute atomic E-state index is 5.33. The highest BCUT2D eigenvalue weighted by Crippen LogP contribution is 2.41. The first-order valence-corrected chi connectivity index (χ1v) is 19.4. The standard InChI is InChI=1S/C52H34N2S/c1-3-14-35(15-4-1)37-18-9-20-39(30-37)40-21-10-22-41(31-40)42-23-11-24-43(32-42)44-25-13-27-46(34-44)52-53-49(51-50(54-52)47-28-7-8-29-48(47)55-51)45-26-12-19-38(33-45)36-16-5-2-6-17-36/h1-34H. The molecule has 10 rings (SSSR count). The van der Waals surface area contributed by atoms with E-state index in [2.05, 4.69) is 206 Å². The zero-order valence-electron chi connectivity index (χ0n) is 29.9. The molecule has 0 aliphatic rings. The van der Waals surface area contributed by atoms with Crippen LogP contribution in [-0.2, 0) is 0 Å². The Labute approximate surface area is 324 Å². The van der Waals surface area contributed by atoms with E-state index < -0.39 is 0 Å². The van der Waals surface area contributed by atoms with E-state index in [9.17, 15) is 0 Å². The van der Waals surface area contributed by atoms with E-state index >= 15 is 0 Å². The van der Waals surface area contributed by atoms with Gasteiger partial charge in [-0.25, -0.2) is 9.97 Å². The summed E-state index contributed by atoms with van der Waals surface area (Å²) in [7, 11) is 0. The van der Waals surface area contributed by atoms with Gasteiger partial charge in [0.05, 0.1) is 15.9 Å². The van der Waals surface area contributed by atoms with E-state index in [0.717, 1.165) is 49.4 Å². The second-order valence-corrected chi connectivity index (χ2v) is 14.9. The quantitative estimate of drug-likeness (QED) is 0.164. The van der Waals surface area contributed by atoms with Gasteiger partial charge in [0.1, 0.15) is 0 Å². The number of rotatable bonds is 7. The van der Waals surface area contributed by atoms with Crippen LogP contribution >= 0.6 is 11.3 Å². The third-order valence-corrected chi connectivity index (χ3v) is 11.4. The van der Waals surface area contributed by atoms with Crippen LogP contribution < -0.4 is 0 Å². The average Bonchev–Trinajstić information content (AvgIpc) is 3.66. The molecule has 0 amide bonds. The Balaban J connectivity index is 1.03. The second-order valence-electron chi connectivity index (χ2n) is 13.8. The smallest absolute Gasteiger partial charge is 0.160 e. The topological polar surface area (TPSA) is 25.8 Å². The Hall–Kier alpha value is -6.94. The number of nitrogens with zero attached hydrogens (tertiary/aromatic N) is 2. The summed E-state index contributed by atoms with van der Waals surface area (Å²) < 4.78 is 2.32. The Bertz CT molecular complexity index is 2980. The van der Waals surface area contributed by atoms with Crippen molar-refractivity contribution in [3.8, 4) is 78.3 Å². The van der Waals surface area contributed by atoms with Crippen LogP contribution in [0.15, 0.2) is 206 Å². The Morgan fingerprint density at radius 2 is 0.655 bits per heavy atom. The van der Waals surface area contributed by atoms with Gasteiger partial charge in [-0.15, -0.1) is 11.3 Å². The average molecular weight is 719 g/mol. The van der Waals surface area contributed by atoms with Crippen molar-refractivity contribution in [1.82, 2.24) is 9.97 Å². The fourth-order valence-electron chi connectivity index (χ4n) is 7.50. The minimum absolute atomic E-state index is 0.722. The first kappa shape index (κ1) is 32.7. The molecule has 258 valence electrons. The van der Waals surface area contributed by atoms with E-state index in [1.54, 1.807) is 11.3 Å². The number of benzene rings is 8. The number of hydrogen-bond acceptors (Lipinski definition) is 3. The van der Waals surface area contributed by atoms with Gasteiger partial charge in [-0.3, -0.25) is 0 Å². The maximum Gasteiger partial charge on any atom is 0.160 e. The van der Waals surface area contributed by atoms with Gasteiger partial charge in [0.15, 0.2) is 5.82 Å². The molecular formula is C52H34N2S. The molecule has 0 bridgehead atoms. The minimum Gasteiger partial charge on any atom is -0.226 e. The van der Waals surface area contributed by atoms with E-state index in [1.807, 2.05) is 0 Å². The maximum atomic E-state index is 5.33. The first-order chi connectivity index (χ1) is 27.2. The third kappa shape index (κ3) is 6.41. The summed E-state index contributed by atoms with van der Waals surface area (Å²) in [6.45, 7) is 0. The molecule has 55 heavy (non-hydrogen) atoms. The number of fused-ring (bicyclic) bond motifs is 3. The highest BCUT2D eigenvalue weighted by Gasteiger charge is 2.17. The molecule has 0 unspecified atom stereocenters. The van der Waals surface area contributed by atoms with Crippen LogP contribution in [0, 0.1) is 0 Å². The van der Waals surface area contributed by atoms with Crippen molar-refractivity contribution in [2.75, 3.05) is 0 Å². The van der Waals surface area contributed by atoms with Crippen molar-refractivity contribution in [3.05, 3.63) is 206 Å². The lowest BCUT2D eigenvalue weighted by atomic mass is 9.94. The fraction of sp³-hybridized carbons (Fsp3) is 0.